The van der Waals surface area contributed by atoms with E-state index in [1.165, 1.54) is 0 Å². The normalized spacial score (nSPS) is 20.4. The second kappa shape index (κ2) is 6.93. The maximum atomic E-state index is 10.9. The van der Waals surface area contributed by atoms with Gasteiger partial charge in [-0.15, -0.1) is 0 Å². The molecule has 1 N–H and O–H groups in total. The summed E-state index contributed by atoms with van der Waals surface area (Å²) in [4.78, 5) is 13.3. The van der Waals surface area contributed by atoms with E-state index in [0.717, 1.165) is 48.7 Å². The van der Waals surface area contributed by atoms with Crippen molar-refractivity contribution in [3.8, 4) is 11.3 Å². The van der Waals surface area contributed by atoms with Crippen molar-refractivity contribution in [2.75, 3.05) is 22.9 Å². The van der Waals surface area contributed by atoms with Gasteiger partial charge in [-0.2, -0.15) is 0 Å². The summed E-state index contributed by atoms with van der Waals surface area (Å²) in [6.07, 6.45) is 4.40. The highest BCUT2D eigenvalue weighted by Crippen LogP contribution is 2.40. The molecule has 1 fully saturated rings. The van der Waals surface area contributed by atoms with Crippen LogP contribution in [0.2, 0.25) is 5.02 Å². The molecule has 2 aliphatic heterocycles. The van der Waals surface area contributed by atoms with Crippen LogP contribution in [0.15, 0.2) is 30.6 Å². The van der Waals surface area contributed by atoms with Crippen LogP contribution in [0.3, 0.4) is 0 Å². The van der Waals surface area contributed by atoms with Gasteiger partial charge in [0.15, 0.2) is 5.82 Å². The van der Waals surface area contributed by atoms with Gasteiger partial charge in [-0.05, 0) is 51.8 Å². The molecular formula is C20H25ClN4O2. The Morgan fingerprint density at radius 1 is 1.30 bits per heavy atom. The number of aromatic nitrogens is 2. The molecule has 2 aromatic heterocycles. The Morgan fingerprint density at radius 2 is 2.11 bits per heavy atom. The fraction of sp³-hybridized carbons (Fsp3) is 0.500. The molecule has 0 spiro atoms. The fourth-order valence-corrected chi connectivity index (χ4v) is 4.00. The average molecular weight is 389 g/mol. The number of pyridine rings is 2. The number of aliphatic hydroxyl groups is 1. The number of hydrogen-bond acceptors (Lipinski definition) is 6. The zero-order valence-electron chi connectivity index (χ0n) is 15.9. The third-order valence-electron chi connectivity index (χ3n) is 4.93. The largest absolute Gasteiger partial charge is 0.366 e. The van der Waals surface area contributed by atoms with E-state index in [2.05, 4.69) is 16.0 Å². The topological polar surface area (TPSA) is 61.7 Å². The molecule has 2 bridgehead atoms. The maximum absolute atomic E-state index is 10.9. The fourth-order valence-electron chi connectivity index (χ4n) is 3.82. The maximum Gasteiger partial charge on any atom is 0.239 e. The first-order valence-corrected chi connectivity index (χ1v) is 9.71. The van der Waals surface area contributed by atoms with Crippen molar-refractivity contribution in [3.63, 3.8) is 0 Å². The first kappa shape index (κ1) is 18.5. The highest BCUT2D eigenvalue weighted by Gasteiger charge is 2.39. The first-order valence-electron chi connectivity index (χ1n) is 9.33. The first-order chi connectivity index (χ1) is 12.8. The SMILES string of the molecule is CC(C)(C)OC(O)N1c2nc(-c3cncc(Cl)c3)ccc2N2CCC[C@H]1C2. The third kappa shape index (κ3) is 3.74. The van der Waals surface area contributed by atoms with Crippen LogP contribution in [0.4, 0.5) is 11.5 Å². The van der Waals surface area contributed by atoms with E-state index in [9.17, 15) is 5.11 Å². The number of halogens is 1. The zero-order valence-corrected chi connectivity index (χ0v) is 16.6. The Hall–Kier alpha value is -1.89. The van der Waals surface area contributed by atoms with E-state index < -0.39 is 12.0 Å². The minimum absolute atomic E-state index is 0.170. The molecule has 0 amide bonds. The van der Waals surface area contributed by atoms with Gasteiger partial charge in [0.2, 0.25) is 6.41 Å². The summed E-state index contributed by atoms with van der Waals surface area (Å²) in [5, 5.41) is 11.5. The number of aliphatic hydroxyl groups excluding tert-OH is 1. The number of anilines is 2. The second-order valence-corrected chi connectivity index (χ2v) is 8.57. The van der Waals surface area contributed by atoms with E-state index >= 15 is 0 Å². The molecule has 2 aliphatic rings. The molecule has 6 nitrogen and oxygen atoms in total. The monoisotopic (exact) mass is 388 g/mol. The Morgan fingerprint density at radius 3 is 2.85 bits per heavy atom. The van der Waals surface area contributed by atoms with Crippen molar-refractivity contribution in [2.24, 2.45) is 0 Å². The molecule has 7 heteroatoms. The van der Waals surface area contributed by atoms with Crippen molar-refractivity contribution in [1.29, 1.82) is 0 Å². The number of ether oxygens (including phenoxy) is 1. The lowest BCUT2D eigenvalue weighted by Gasteiger charge is -2.49. The number of nitrogens with zero attached hydrogens (tertiary/aromatic N) is 4. The van der Waals surface area contributed by atoms with Crippen molar-refractivity contribution in [3.05, 3.63) is 35.6 Å². The molecule has 0 radical (unpaired) electrons. The summed E-state index contributed by atoms with van der Waals surface area (Å²) in [5.74, 6) is 0.750. The Labute approximate surface area is 164 Å². The van der Waals surface area contributed by atoms with Crippen molar-refractivity contribution in [2.45, 2.75) is 51.7 Å². The van der Waals surface area contributed by atoms with Crippen LogP contribution in [0.25, 0.3) is 11.3 Å². The summed E-state index contributed by atoms with van der Waals surface area (Å²) in [7, 11) is 0. The number of fused-ring (bicyclic) bond motifs is 4. The van der Waals surface area contributed by atoms with Gasteiger partial charge in [0, 0.05) is 31.0 Å². The number of hydrogen-bond donors (Lipinski definition) is 1. The van der Waals surface area contributed by atoms with Crippen LogP contribution in [-0.2, 0) is 4.74 Å². The Balaban J connectivity index is 1.77. The van der Waals surface area contributed by atoms with Crippen molar-refractivity contribution in [1.82, 2.24) is 9.97 Å². The number of rotatable bonds is 3. The van der Waals surface area contributed by atoms with Gasteiger partial charge in [0.25, 0.3) is 0 Å². The molecule has 27 heavy (non-hydrogen) atoms. The lowest BCUT2D eigenvalue weighted by molar-refractivity contribution is -0.168. The van der Waals surface area contributed by atoms with Gasteiger partial charge in [-0.1, -0.05) is 11.6 Å². The van der Waals surface area contributed by atoms with Crippen molar-refractivity contribution >= 4 is 23.1 Å². The lowest BCUT2D eigenvalue weighted by Crippen LogP contribution is -2.58. The standard InChI is InChI=1S/C20H25ClN4O2/c1-20(2,3)27-19(26)25-15-5-4-8-24(12-15)17-7-6-16(23-18(17)25)13-9-14(21)11-22-10-13/h6-7,9-11,15,19,26H,4-5,8,12H2,1-3H3/t15-,19?/m0/s1. The van der Waals surface area contributed by atoms with Crippen LogP contribution in [0, 0.1) is 0 Å². The molecular weight excluding hydrogens is 364 g/mol. The van der Waals surface area contributed by atoms with E-state index in [0.29, 0.717) is 5.02 Å². The summed E-state index contributed by atoms with van der Waals surface area (Å²) in [6, 6.07) is 6.07. The molecule has 1 unspecified atom stereocenters. The molecule has 4 rings (SSSR count). The lowest BCUT2D eigenvalue weighted by atomic mass is 9.99. The van der Waals surface area contributed by atoms with E-state index in [-0.39, 0.29) is 6.04 Å². The summed E-state index contributed by atoms with van der Waals surface area (Å²) in [5.41, 5.74) is 2.20. The predicted octanol–water partition coefficient (Wildman–Crippen LogP) is 3.68. The Kier molecular flexibility index (Phi) is 4.74. The van der Waals surface area contributed by atoms with Crippen molar-refractivity contribution < 1.29 is 9.84 Å². The predicted molar refractivity (Wildman–Crippen MR) is 107 cm³/mol. The van der Waals surface area contributed by atoms with Gasteiger partial charge >= 0.3 is 0 Å². The molecule has 2 atom stereocenters. The van der Waals surface area contributed by atoms with Crippen LogP contribution >= 0.6 is 11.6 Å². The second-order valence-electron chi connectivity index (χ2n) is 8.14. The summed E-state index contributed by atoms with van der Waals surface area (Å²) in [6.45, 7) is 7.70. The summed E-state index contributed by atoms with van der Waals surface area (Å²) < 4.78 is 5.88. The molecule has 0 saturated carbocycles. The molecule has 4 heterocycles. The zero-order chi connectivity index (χ0) is 19.2. The highest BCUT2D eigenvalue weighted by molar-refractivity contribution is 6.30. The van der Waals surface area contributed by atoms with E-state index in [1.807, 2.05) is 37.8 Å². The minimum atomic E-state index is -1.05. The van der Waals surface area contributed by atoms with Gasteiger partial charge in [-0.25, -0.2) is 4.98 Å². The Bertz CT molecular complexity index is 839. The average Bonchev–Trinajstić information content (AvgIpc) is 2.60. The molecule has 2 aromatic rings. The van der Waals surface area contributed by atoms with Crippen LogP contribution in [-0.4, -0.2) is 46.2 Å². The van der Waals surface area contributed by atoms with Crippen LogP contribution in [0.5, 0.6) is 0 Å². The van der Waals surface area contributed by atoms with Gasteiger partial charge < -0.3 is 19.6 Å². The van der Waals surface area contributed by atoms with Gasteiger partial charge in [0.1, 0.15) is 0 Å². The van der Waals surface area contributed by atoms with Crippen LogP contribution < -0.4 is 9.80 Å². The molecule has 144 valence electrons. The van der Waals surface area contributed by atoms with Gasteiger partial charge in [-0.3, -0.25) is 4.98 Å². The highest BCUT2D eigenvalue weighted by atomic mass is 35.5. The summed E-state index contributed by atoms with van der Waals surface area (Å²) >= 11 is 6.10. The van der Waals surface area contributed by atoms with E-state index in [1.54, 1.807) is 12.4 Å². The van der Waals surface area contributed by atoms with Gasteiger partial charge in [0.05, 0.1) is 28.0 Å². The smallest absolute Gasteiger partial charge is 0.239 e. The number of piperidine rings is 1. The third-order valence-corrected chi connectivity index (χ3v) is 5.13. The van der Waals surface area contributed by atoms with E-state index in [4.69, 9.17) is 21.3 Å². The quantitative estimate of drug-likeness (QED) is 0.809. The molecule has 0 aromatic carbocycles. The minimum Gasteiger partial charge on any atom is -0.366 e. The molecule has 1 saturated heterocycles. The van der Waals surface area contributed by atoms with Crippen LogP contribution in [0.1, 0.15) is 33.6 Å². The molecule has 0 aliphatic carbocycles.